The minimum atomic E-state index is -0.678. The Morgan fingerprint density at radius 3 is 2.69 bits per heavy atom. The molecule has 1 saturated heterocycles. The number of hydrogen-bond acceptors (Lipinski definition) is 4. The van der Waals surface area contributed by atoms with Crippen molar-refractivity contribution in [2.24, 2.45) is 0 Å². The lowest BCUT2D eigenvalue weighted by Crippen LogP contribution is -2.44. The number of hydrogen-bond donors (Lipinski definition) is 1. The van der Waals surface area contributed by atoms with Crippen molar-refractivity contribution in [2.75, 3.05) is 38.2 Å². The Kier molecular flexibility index (Phi) is 4.42. The molecule has 0 spiro atoms. The Hall–Kier alpha value is -2.38. The average molecular weight is 379 g/mol. The molecule has 8 heteroatoms. The van der Waals surface area contributed by atoms with Crippen LogP contribution in [0, 0.1) is 11.6 Å². The molecule has 1 fully saturated rings. The van der Waals surface area contributed by atoms with Gasteiger partial charge in [-0.1, -0.05) is 17.7 Å². The number of imidazole rings is 1. The third-order valence-electron chi connectivity index (χ3n) is 4.56. The molecule has 1 aromatic carbocycles. The van der Waals surface area contributed by atoms with E-state index in [4.69, 9.17) is 16.3 Å². The van der Waals surface area contributed by atoms with Gasteiger partial charge in [-0.15, -0.1) is 0 Å². The van der Waals surface area contributed by atoms with Crippen LogP contribution >= 0.6 is 11.6 Å². The van der Waals surface area contributed by atoms with E-state index in [-0.39, 0.29) is 27.5 Å². The van der Waals surface area contributed by atoms with Crippen LogP contribution in [0.5, 0.6) is 5.75 Å². The number of rotatable bonds is 3. The zero-order valence-electron chi connectivity index (χ0n) is 14.1. The van der Waals surface area contributed by atoms with E-state index in [1.54, 1.807) is 22.9 Å². The van der Waals surface area contributed by atoms with Crippen molar-refractivity contribution < 1.29 is 13.5 Å². The van der Waals surface area contributed by atoms with Gasteiger partial charge in [-0.05, 0) is 12.1 Å². The molecule has 3 heterocycles. The van der Waals surface area contributed by atoms with Gasteiger partial charge in [0.05, 0.1) is 23.9 Å². The number of nitrogens with zero attached hydrogens (tertiary/aromatic N) is 3. The van der Waals surface area contributed by atoms with E-state index in [2.05, 4.69) is 15.2 Å². The van der Waals surface area contributed by atoms with Crippen molar-refractivity contribution in [2.45, 2.75) is 0 Å². The molecule has 0 aliphatic carbocycles. The number of nitrogens with one attached hydrogen (secondary N) is 1. The second-order valence-corrected chi connectivity index (χ2v) is 6.44. The smallest absolute Gasteiger partial charge is 0.175 e. The van der Waals surface area contributed by atoms with E-state index in [0.717, 1.165) is 32.0 Å². The minimum Gasteiger partial charge on any atom is -0.496 e. The SMILES string of the molecule is COc1cccc(F)c1-c1c(Cl)cn2c(N3CCNCC3)cnc2c1F. The Bertz CT molecular complexity index is 969. The number of ether oxygens (including phenoxy) is 1. The molecule has 0 radical (unpaired) electrons. The lowest BCUT2D eigenvalue weighted by Gasteiger charge is -2.28. The van der Waals surface area contributed by atoms with Crippen LogP contribution in [-0.4, -0.2) is 42.7 Å². The quantitative estimate of drug-likeness (QED) is 0.759. The standard InChI is InChI=1S/C18H17ClF2N4O/c1-26-13-4-2-3-12(20)16(13)15-11(19)10-25-14(9-23-18(25)17(15)21)24-7-5-22-6-8-24/h2-4,9-10,22H,5-8H2,1H3. The van der Waals surface area contributed by atoms with Crippen LogP contribution in [0.15, 0.2) is 30.6 Å². The van der Waals surface area contributed by atoms with E-state index in [1.807, 2.05) is 0 Å². The molecule has 0 unspecified atom stereocenters. The highest BCUT2D eigenvalue weighted by Gasteiger charge is 2.24. The van der Waals surface area contributed by atoms with Crippen LogP contribution < -0.4 is 15.0 Å². The molecular weight excluding hydrogens is 362 g/mol. The summed E-state index contributed by atoms with van der Waals surface area (Å²) >= 11 is 6.37. The second-order valence-electron chi connectivity index (χ2n) is 6.03. The summed E-state index contributed by atoms with van der Waals surface area (Å²) in [5.74, 6) is -0.316. The molecule has 0 bridgehead atoms. The summed E-state index contributed by atoms with van der Waals surface area (Å²) in [7, 11) is 1.40. The Balaban J connectivity index is 1.91. The van der Waals surface area contributed by atoms with E-state index in [1.165, 1.54) is 19.2 Å². The number of pyridine rings is 1. The van der Waals surface area contributed by atoms with Crippen molar-refractivity contribution in [1.82, 2.24) is 14.7 Å². The van der Waals surface area contributed by atoms with Gasteiger partial charge in [-0.3, -0.25) is 4.40 Å². The maximum absolute atomic E-state index is 15.3. The molecule has 0 saturated carbocycles. The molecule has 0 atom stereocenters. The van der Waals surface area contributed by atoms with Gasteiger partial charge in [0, 0.05) is 37.9 Å². The van der Waals surface area contributed by atoms with Gasteiger partial charge < -0.3 is 15.0 Å². The Morgan fingerprint density at radius 1 is 1.19 bits per heavy atom. The molecular formula is C18H17ClF2N4O. The summed E-state index contributed by atoms with van der Waals surface area (Å²) in [6, 6.07) is 4.31. The number of fused-ring (bicyclic) bond motifs is 1. The van der Waals surface area contributed by atoms with Crippen LogP contribution in [0.4, 0.5) is 14.6 Å². The van der Waals surface area contributed by atoms with Crippen LogP contribution in [-0.2, 0) is 0 Å². The topological polar surface area (TPSA) is 41.8 Å². The predicted octanol–water partition coefficient (Wildman–Crippen LogP) is 3.35. The lowest BCUT2D eigenvalue weighted by molar-refractivity contribution is 0.413. The third kappa shape index (κ3) is 2.68. The van der Waals surface area contributed by atoms with Crippen molar-refractivity contribution >= 4 is 23.1 Å². The zero-order chi connectivity index (χ0) is 18.3. The van der Waals surface area contributed by atoms with Gasteiger partial charge in [0.25, 0.3) is 0 Å². The van der Waals surface area contributed by atoms with E-state index < -0.39 is 11.6 Å². The monoisotopic (exact) mass is 378 g/mol. The Morgan fingerprint density at radius 2 is 1.96 bits per heavy atom. The zero-order valence-corrected chi connectivity index (χ0v) is 14.9. The molecule has 1 aliphatic rings. The van der Waals surface area contributed by atoms with E-state index in [0.29, 0.717) is 0 Å². The first-order valence-electron chi connectivity index (χ1n) is 8.25. The average Bonchev–Trinajstić information content (AvgIpc) is 3.07. The second kappa shape index (κ2) is 6.74. The number of piperazine rings is 1. The molecule has 0 amide bonds. The van der Waals surface area contributed by atoms with Crippen LogP contribution in [0.1, 0.15) is 0 Å². The Labute approximate surface area is 154 Å². The van der Waals surface area contributed by atoms with Gasteiger partial charge >= 0.3 is 0 Å². The van der Waals surface area contributed by atoms with Crippen LogP contribution in [0.25, 0.3) is 16.8 Å². The summed E-state index contributed by atoms with van der Waals surface area (Å²) in [6.45, 7) is 3.26. The first-order valence-corrected chi connectivity index (χ1v) is 8.63. The maximum atomic E-state index is 15.3. The number of halogens is 3. The third-order valence-corrected chi connectivity index (χ3v) is 4.85. The largest absolute Gasteiger partial charge is 0.496 e. The summed E-state index contributed by atoms with van der Waals surface area (Å²) in [5.41, 5.74) is 0.0431. The highest BCUT2D eigenvalue weighted by molar-refractivity contribution is 6.33. The van der Waals surface area contributed by atoms with Crippen molar-refractivity contribution in [1.29, 1.82) is 0 Å². The van der Waals surface area contributed by atoms with Gasteiger partial charge in [-0.25, -0.2) is 13.8 Å². The number of methoxy groups -OCH3 is 1. The summed E-state index contributed by atoms with van der Waals surface area (Å²) in [5, 5.41) is 3.36. The molecule has 1 aliphatic heterocycles. The first kappa shape index (κ1) is 17.1. The van der Waals surface area contributed by atoms with E-state index in [9.17, 15) is 4.39 Å². The number of anilines is 1. The summed E-state index contributed by atoms with van der Waals surface area (Å²) < 4.78 is 36.5. The fraction of sp³-hybridized carbons (Fsp3) is 0.278. The predicted molar refractivity (Wildman–Crippen MR) is 97.2 cm³/mol. The van der Waals surface area contributed by atoms with Gasteiger partial charge in [-0.2, -0.15) is 0 Å². The van der Waals surface area contributed by atoms with E-state index >= 15 is 4.39 Å². The highest BCUT2D eigenvalue weighted by Crippen LogP contribution is 2.40. The molecule has 4 rings (SSSR count). The summed E-state index contributed by atoms with van der Waals surface area (Å²) in [4.78, 5) is 6.32. The van der Waals surface area contributed by atoms with Crippen molar-refractivity contribution in [3.63, 3.8) is 0 Å². The molecule has 1 N–H and O–H groups in total. The molecule has 26 heavy (non-hydrogen) atoms. The number of aromatic nitrogens is 2. The first-order chi connectivity index (χ1) is 12.6. The summed E-state index contributed by atoms with van der Waals surface area (Å²) in [6.07, 6.45) is 3.19. The fourth-order valence-electron chi connectivity index (χ4n) is 3.31. The lowest BCUT2D eigenvalue weighted by atomic mass is 10.0. The van der Waals surface area contributed by atoms with Gasteiger partial charge in [0.2, 0.25) is 0 Å². The molecule has 2 aromatic heterocycles. The normalized spacial score (nSPS) is 14.8. The van der Waals surface area contributed by atoms with Crippen LogP contribution in [0.3, 0.4) is 0 Å². The van der Waals surface area contributed by atoms with Crippen molar-refractivity contribution in [3.05, 3.63) is 47.2 Å². The fourth-order valence-corrected chi connectivity index (χ4v) is 3.59. The van der Waals surface area contributed by atoms with Gasteiger partial charge in [0.15, 0.2) is 11.5 Å². The molecule has 3 aromatic rings. The molecule has 5 nitrogen and oxygen atoms in total. The minimum absolute atomic E-state index is 0.00766. The van der Waals surface area contributed by atoms with Gasteiger partial charge in [0.1, 0.15) is 17.4 Å². The highest BCUT2D eigenvalue weighted by atomic mass is 35.5. The van der Waals surface area contributed by atoms with Crippen LogP contribution in [0.2, 0.25) is 5.02 Å². The number of benzene rings is 1. The maximum Gasteiger partial charge on any atom is 0.175 e. The van der Waals surface area contributed by atoms with Crippen molar-refractivity contribution in [3.8, 4) is 16.9 Å². The molecule has 136 valence electrons.